The fourth-order valence-electron chi connectivity index (χ4n) is 4.15. The smallest absolute Gasteiger partial charge is 0.225 e. The Bertz CT molecular complexity index is 893. The number of anilines is 1. The number of nitrogens with one attached hydrogen (secondary N) is 1. The lowest BCUT2D eigenvalue weighted by molar-refractivity contribution is -0.116. The average molecular weight is 427 g/mol. The van der Waals surface area contributed by atoms with Crippen molar-refractivity contribution in [3.05, 3.63) is 41.0 Å². The fourth-order valence-corrected chi connectivity index (χ4v) is 4.15. The molecule has 2 N–H and O–H groups in total. The molecule has 1 saturated carbocycles. The lowest BCUT2D eigenvalue weighted by atomic mass is 9.90. The molecule has 1 aromatic carbocycles. The molecule has 6 nitrogen and oxygen atoms in total. The maximum atomic E-state index is 12.8. The Morgan fingerprint density at radius 3 is 2.61 bits per heavy atom. The highest BCUT2D eigenvalue weighted by atomic mass is 16.3. The van der Waals surface area contributed by atoms with Gasteiger partial charge < -0.3 is 15.0 Å². The number of aryl methyl sites for hydroxylation is 3. The molecule has 1 atom stereocenters. The van der Waals surface area contributed by atoms with Gasteiger partial charge in [0, 0.05) is 37.1 Å². The van der Waals surface area contributed by atoms with Gasteiger partial charge >= 0.3 is 0 Å². The van der Waals surface area contributed by atoms with Crippen LogP contribution in [0, 0.1) is 19.3 Å². The van der Waals surface area contributed by atoms with Crippen molar-refractivity contribution in [2.45, 2.75) is 91.5 Å². The van der Waals surface area contributed by atoms with E-state index in [0.717, 1.165) is 55.0 Å². The van der Waals surface area contributed by atoms with Crippen LogP contribution in [0.5, 0.6) is 0 Å². The van der Waals surface area contributed by atoms with Gasteiger partial charge in [-0.25, -0.2) is 0 Å². The number of hydrogen-bond donors (Lipinski definition) is 2. The van der Waals surface area contributed by atoms with E-state index in [9.17, 15) is 9.90 Å². The predicted molar refractivity (Wildman–Crippen MR) is 124 cm³/mol. The second kappa shape index (κ2) is 9.94. The zero-order valence-electron chi connectivity index (χ0n) is 19.7. The third-order valence-electron chi connectivity index (χ3n) is 5.96. The van der Waals surface area contributed by atoms with Crippen LogP contribution >= 0.6 is 0 Å². The third kappa shape index (κ3) is 6.63. The van der Waals surface area contributed by atoms with E-state index in [1.165, 1.54) is 5.56 Å². The summed E-state index contributed by atoms with van der Waals surface area (Å²) in [6.07, 6.45) is 6.19. The Labute approximate surface area is 186 Å². The molecule has 0 radical (unpaired) electrons. The van der Waals surface area contributed by atoms with E-state index < -0.39 is 0 Å². The molecule has 1 aliphatic carbocycles. The monoisotopic (exact) mass is 426 g/mol. The topological polar surface area (TPSA) is 80.0 Å². The Morgan fingerprint density at radius 1 is 1.26 bits per heavy atom. The molecule has 2 aromatic rings. The summed E-state index contributed by atoms with van der Waals surface area (Å²) in [5.41, 5.74) is 3.36. The quantitative estimate of drug-likeness (QED) is 0.554. The van der Waals surface area contributed by atoms with Crippen molar-refractivity contribution >= 4 is 11.6 Å². The molecule has 0 spiro atoms. The van der Waals surface area contributed by atoms with Gasteiger partial charge in [0.2, 0.25) is 5.91 Å². The number of carbonyl (C=O) groups excluding carboxylic acids is 1. The summed E-state index contributed by atoms with van der Waals surface area (Å²) in [4.78, 5) is 12.8. The second-order valence-electron chi connectivity index (χ2n) is 10.3. The van der Waals surface area contributed by atoms with Crippen molar-refractivity contribution in [2.24, 2.45) is 5.41 Å². The van der Waals surface area contributed by atoms with Crippen LogP contribution in [0.2, 0.25) is 0 Å². The van der Waals surface area contributed by atoms with Crippen LogP contribution in [-0.4, -0.2) is 32.4 Å². The minimum atomic E-state index is -0.139. The highest BCUT2D eigenvalue weighted by Crippen LogP contribution is 2.39. The molecule has 0 aliphatic heterocycles. The maximum absolute atomic E-state index is 12.8. The molecule has 1 aliphatic rings. The summed E-state index contributed by atoms with van der Waals surface area (Å²) >= 11 is 0. The van der Waals surface area contributed by atoms with Crippen LogP contribution in [-0.2, 0) is 11.2 Å². The van der Waals surface area contributed by atoms with Crippen LogP contribution in [0.25, 0.3) is 0 Å². The molecule has 1 fully saturated rings. The Morgan fingerprint density at radius 2 is 2.00 bits per heavy atom. The first-order valence-corrected chi connectivity index (χ1v) is 11.6. The van der Waals surface area contributed by atoms with Crippen molar-refractivity contribution in [3.63, 3.8) is 0 Å². The molecule has 31 heavy (non-hydrogen) atoms. The highest BCUT2D eigenvalue weighted by Gasteiger charge is 2.32. The largest absolute Gasteiger partial charge is 0.396 e. The van der Waals surface area contributed by atoms with Gasteiger partial charge in [-0.3, -0.25) is 4.79 Å². The molecule has 6 heteroatoms. The summed E-state index contributed by atoms with van der Waals surface area (Å²) in [5.74, 6) is 1.70. The summed E-state index contributed by atoms with van der Waals surface area (Å²) in [6, 6.07) is 6.46. The molecule has 1 heterocycles. The van der Waals surface area contributed by atoms with Gasteiger partial charge in [-0.15, -0.1) is 10.2 Å². The molecule has 0 bridgehead atoms. The zero-order valence-corrected chi connectivity index (χ0v) is 19.7. The van der Waals surface area contributed by atoms with Crippen LogP contribution in [0.3, 0.4) is 0 Å². The van der Waals surface area contributed by atoms with Crippen molar-refractivity contribution in [1.82, 2.24) is 14.8 Å². The molecule has 0 unspecified atom stereocenters. The molecule has 1 aromatic heterocycles. The van der Waals surface area contributed by atoms with Gasteiger partial charge in [-0.1, -0.05) is 38.5 Å². The van der Waals surface area contributed by atoms with Crippen LogP contribution in [0.15, 0.2) is 18.2 Å². The van der Waals surface area contributed by atoms with Crippen molar-refractivity contribution in [2.75, 3.05) is 11.9 Å². The summed E-state index contributed by atoms with van der Waals surface area (Å²) in [7, 11) is 0. The number of benzene rings is 1. The second-order valence-corrected chi connectivity index (χ2v) is 10.3. The molecule has 1 amide bonds. The third-order valence-corrected chi connectivity index (χ3v) is 5.96. The van der Waals surface area contributed by atoms with E-state index in [4.69, 9.17) is 0 Å². The number of aliphatic hydroxyl groups excluding tert-OH is 1. The number of aromatic nitrogens is 3. The zero-order chi connectivity index (χ0) is 22.6. The normalized spacial score (nSPS) is 15.2. The summed E-state index contributed by atoms with van der Waals surface area (Å²) in [6.45, 7) is 10.8. The molecule has 3 rings (SSSR count). The van der Waals surface area contributed by atoms with Crippen LogP contribution in [0.1, 0.15) is 94.0 Å². The van der Waals surface area contributed by atoms with Crippen molar-refractivity contribution in [1.29, 1.82) is 0 Å². The molecular formula is C25H38N4O2. The van der Waals surface area contributed by atoms with Gasteiger partial charge in [0.05, 0.1) is 0 Å². The maximum Gasteiger partial charge on any atom is 0.225 e. The number of amides is 1. The number of carbonyl (C=O) groups is 1. The highest BCUT2D eigenvalue weighted by molar-refractivity contribution is 5.92. The first-order valence-electron chi connectivity index (χ1n) is 11.6. The minimum absolute atomic E-state index is 0.0262. The lowest BCUT2D eigenvalue weighted by Crippen LogP contribution is -2.20. The Kier molecular flexibility index (Phi) is 7.52. The standard InChI is InChI=1S/C25H38N4O2/c1-17-8-11-21(18(2)15-17)26-23(31)16-19(12-14-30)24-28-27-22(29(24)20-9-10-20)7-6-13-25(3,4)5/h8,11,15,19-20,30H,6-7,9-10,12-14,16H2,1-5H3,(H,26,31)/t19-/m0/s1. The SMILES string of the molecule is Cc1ccc(NC(=O)C[C@H](CCO)c2nnc(CCCC(C)(C)C)n2C2CC2)c(C)c1. The van der Waals surface area contributed by atoms with Crippen LogP contribution < -0.4 is 5.32 Å². The minimum Gasteiger partial charge on any atom is -0.396 e. The number of rotatable bonds is 10. The van der Waals surface area contributed by atoms with Crippen molar-refractivity contribution in [3.8, 4) is 0 Å². The van der Waals surface area contributed by atoms with E-state index in [1.807, 2.05) is 26.0 Å². The van der Waals surface area contributed by atoms with E-state index >= 15 is 0 Å². The van der Waals surface area contributed by atoms with Gasteiger partial charge in [0.25, 0.3) is 0 Å². The fraction of sp³-hybridized carbons (Fsp3) is 0.640. The molecular weight excluding hydrogens is 388 g/mol. The van der Waals surface area contributed by atoms with E-state index in [-0.39, 0.29) is 18.4 Å². The van der Waals surface area contributed by atoms with Gasteiger partial charge in [-0.2, -0.15) is 0 Å². The first kappa shape index (κ1) is 23.5. The summed E-state index contributed by atoms with van der Waals surface area (Å²) in [5, 5.41) is 21.7. The van der Waals surface area contributed by atoms with Gasteiger partial charge in [0.15, 0.2) is 0 Å². The Balaban J connectivity index is 1.73. The number of aliphatic hydroxyl groups is 1. The van der Waals surface area contributed by atoms with Gasteiger partial charge in [0.1, 0.15) is 11.6 Å². The molecule has 0 saturated heterocycles. The first-order chi connectivity index (χ1) is 14.7. The molecule has 170 valence electrons. The number of nitrogens with zero attached hydrogens (tertiary/aromatic N) is 3. The van der Waals surface area contributed by atoms with Crippen molar-refractivity contribution < 1.29 is 9.90 Å². The lowest BCUT2D eigenvalue weighted by Gasteiger charge is -2.19. The van der Waals surface area contributed by atoms with E-state index in [2.05, 4.69) is 46.9 Å². The number of hydrogen-bond acceptors (Lipinski definition) is 4. The predicted octanol–water partition coefficient (Wildman–Crippen LogP) is 5.09. The average Bonchev–Trinajstić information content (AvgIpc) is 3.42. The van der Waals surface area contributed by atoms with E-state index in [1.54, 1.807) is 0 Å². The summed E-state index contributed by atoms with van der Waals surface area (Å²) < 4.78 is 2.27. The van der Waals surface area contributed by atoms with Crippen LogP contribution in [0.4, 0.5) is 5.69 Å². The Hall–Kier alpha value is -2.21. The van der Waals surface area contributed by atoms with Gasteiger partial charge in [-0.05, 0) is 63.0 Å². The van der Waals surface area contributed by atoms with E-state index in [0.29, 0.717) is 24.3 Å².